The van der Waals surface area contributed by atoms with Gasteiger partial charge in [-0.05, 0) is 36.5 Å². The average molecular weight is 340 g/mol. The molecule has 0 aromatic heterocycles. The zero-order chi connectivity index (χ0) is 16.9. The van der Waals surface area contributed by atoms with Crippen LogP contribution in [-0.2, 0) is 21.2 Å². The highest BCUT2D eigenvalue weighted by Crippen LogP contribution is 2.18. The molecule has 1 amide bonds. The lowest BCUT2D eigenvalue weighted by molar-refractivity contribution is -0.132. The summed E-state index contributed by atoms with van der Waals surface area (Å²) in [6.45, 7) is 1.74. The maximum Gasteiger partial charge on any atom is 0.226 e. The van der Waals surface area contributed by atoms with E-state index in [0.29, 0.717) is 19.5 Å². The van der Waals surface area contributed by atoms with Crippen molar-refractivity contribution in [2.24, 2.45) is 5.92 Å². The average Bonchev–Trinajstić information content (AvgIpc) is 2.53. The highest BCUT2D eigenvalue weighted by Gasteiger charge is 2.24. The van der Waals surface area contributed by atoms with Crippen molar-refractivity contribution in [1.29, 1.82) is 0 Å². The summed E-state index contributed by atoms with van der Waals surface area (Å²) in [4.78, 5) is 14.3. The molecule has 0 spiro atoms. The number of methoxy groups -OCH3 is 1. The number of piperidine rings is 1. The van der Waals surface area contributed by atoms with Crippen LogP contribution < -0.4 is 9.46 Å². The van der Waals surface area contributed by atoms with E-state index in [1.54, 1.807) is 7.11 Å². The van der Waals surface area contributed by atoms with Crippen molar-refractivity contribution in [3.05, 3.63) is 29.8 Å². The molecule has 0 bridgehead atoms. The molecule has 1 aliphatic heterocycles. The summed E-state index contributed by atoms with van der Waals surface area (Å²) in [5, 5.41) is 0. The van der Waals surface area contributed by atoms with Crippen molar-refractivity contribution in [3.63, 3.8) is 0 Å². The van der Waals surface area contributed by atoms with Crippen molar-refractivity contribution >= 4 is 15.9 Å². The van der Waals surface area contributed by atoms with Crippen LogP contribution in [0.25, 0.3) is 0 Å². The van der Waals surface area contributed by atoms with Crippen LogP contribution in [0.2, 0.25) is 0 Å². The topological polar surface area (TPSA) is 75.7 Å². The number of nitrogens with zero attached hydrogens (tertiary/aromatic N) is 1. The molecular weight excluding hydrogens is 316 g/mol. The van der Waals surface area contributed by atoms with Gasteiger partial charge in [0, 0.05) is 19.6 Å². The zero-order valence-electron chi connectivity index (χ0n) is 13.6. The highest BCUT2D eigenvalue weighted by atomic mass is 32.2. The third-order valence-corrected chi connectivity index (χ3v) is 4.71. The number of carbonyl (C=O) groups excluding carboxylic acids is 1. The normalized spacial score (nSPS) is 18.7. The fraction of sp³-hybridized carbons (Fsp3) is 0.562. The van der Waals surface area contributed by atoms with Crippen LogP contribution in [-0.4, -0.2) is 52.2 Å². The number of hydrogen-bond donors (Lipinski definition) is 1. The summed E-state index contributed by atoms with van der Waals surface area (Å²) >= 11 is 0. The van der Waals surface area contributed by atoms with E-state index in [2.05, 4.69) is 4.72 Å². The molecule has 1 saturated heterocycles. The molecule has 1 fully saturated rings. The fourth-order valence-corrected chi connectivity index (χ4v) is 3.30. The summed E-state index contributed by atoms with van der Waals surface area (Å²) in [5.41, 5.74) is 0.951. The largest absolute Gasteiger partial charge is 0.497 e. The zero-order valence-corrected chi connectivity index (χ0v) is 14.4. The molecular formula is C16H24N2O4S. The van der Waals surface area contributed by atoms with Gasteiger partial charge in [-0.15, -0.1) is 0 Å². The first-order valence-corrected chi connectivity index (χ1v) is 9.62. The number of rotatable bonds is 6. The molecule has 0 aliphatic carbocycles. The highest BCUT2D eigenvalue weighted by molar-refractivity contribution is 7.88. The SMILES string of the molecule is COc1ccc(CC(=O)N2CCCC(CNS(C)(=O)=O)C2)cc1. The Hall–Kier alpha value is -1.60. The monoisotopic (exact) mass is 340 g/mol. The van der Waals surface area contributed by atoms with Gasteiger partial charge in [-0.25, -0.2) is 13.1 Å². The molecule has 1 N–H and O–H groups in total. The van der Waals surface area contributed by atoms with E-state index >= 15 is 0 Å². The first-order chi connectivity index (χ1) is 10.9. The van der Waals surface area contributed by atoms with Crippen LogP contribution in [0.1, 0.15) is 18.4 Å². The van der Waals surface area contributed by atoms with E-state index in [9.17, 15) is 13.2 Å². The van der Waals surface area contributed by atoms with Crippen molar-refractivity contribution in [1.82, 2.24) is 9.62 Å². The van der Waals surface area contributed by atoms with Gasteiger partial charge in [-0.1, -0.05) is 12.1 Å². The van der Waals surface area contributed by atoms with Gasteiger partial charge >= 0.3 is 0 Å². The molecule has 1 atom stereocenters. The molecule has 1 aliphatic rings. The van der Waals surface area contributed by atoms with Gasteiger partial charge in [0.1, 0.15) is 5.75 Å². The van der Waals surface area contributed by atoms with Crippen LogP contribution in [0.4, 0.5) is 0 Å². The summed E-state index contributed by atoms with van der Waals surface area (Å²) in [5.74, 6) is 1.03. The molecule has 128 valence electrons. The Labute approximate surface area is 137 Å². The number of hydrogen-bond acceptors (Lipinski definition) is 4. The first-order valence-electron chi connectivity index (χ1n) is 7.73. The lowest BCUT2D eigenvalue weighted by atomic mass is 9.97. The molecule has 6 nitrogen and oxygen atoms in total. The number of ether oxygens (including phenoxy) is 1. The number of sulfonamides is 1. The smallest absolute Gasteiger partial charge is 0.226 e. The van der Waals surface area contributed by atoms with E-state index in [0.717, 1.165) is 37.0 Å². The Morgan fingerprint density at radius 1 is 1.35 bits per heavy atom. The van der Waals surface area contributed by atoms with Gasteiger partial charge in [0.25, 0.3) is 0 Å². The summed E-state index contributed by atoms with van der Waals surface area (Å²) in [6.07, 6.45) is 3.36. The predicted octanol–water partition coefficient (Wildman–Crippen LogP) is 1.03. The Balaban J connectivity index is 1.88. The fourth-order valence-electron chi connectivity index (χ4n) is 2.76. The van der Waals surface area contributed by atoms with Crippen molar-refractivity contribution < 1.29 is 17.9 Å². The minimum Gasteiger partial charge on any atom is -0.497 e. The second-order valence-electron chi connectivity index (χ2n) is 5.99. The molecule has 1 unspecified atom stereocenters. The number of carbonyl (C=O) groups is 1. The standard InChI is InChI=1S/C16H24N2O4S/c1-22-15-7-5-13(6-8-15)10-16(19)18-9-3-4-14(12-18)11-17-23(2,20)21/h5-8,14,17H,3-4,9-12H2,1-2H3. The maximum atomic E-state index is 12.4. The Morgan fingerprint density at radius 3 is 2.65 bits per heavy atom. The number of nitrogens with one attached hydrogen (secondary N) is 1. The van der Waals surface area contributed by atoms with E-state index in [-0.39, 0.29) is 11.8 Å². The molecule has 0 radical (unpaired) electrons. The van der Waals surface area contributed by atoms with Gasteiger partial charge in [-0.2, -0.15) is 0 Å². The van der Waals surface area contributed by atoms with Crippen molar-refractivity contribution in [2.75, 3.05) is 33.0 Å². The summed E-state index contributed by atoms with van der Waals surface area (Å²) < 4.78 is 30.0. The van der Waals surface area contributed by atoms with Crippen LogP contribution in [0.3, 0.4) is 0 Å². The van der Waals surface area contributed by atoms with Gasteiger partial charge in [0.15, 0.2) is 0 Å². The second-order valence-corrected chi connectivity index (χ2v) is 7.83. The third kappa shape index (κ3) is 5.84. The van der Waals surface area contributed by atoms with E-state index in [1.165, 1.54) is 0 Å². The van der Waals surface area contributed by atoms with Crippen LogP contribution in [0.5, 0.6) is 5.75 Å². The van der Waals surface area contributed by atoms with Crippen LogP contribution in [0, 0.1) is 5.92 Å². The molecule has 1 heterocycles. The lowest BCUT2D eigenvalue weighted by Gasteiger charge is -2.33. The number of benzene rings is 1. The molecule has 2 rings (SSSR count). The van der Waals surface area contributed by atoms with E-state index in [1.807, 2.05) is 29.2 Å². The minimum atomic E-state index is -3.18. The maximum absolute atomic E-state index is 12.4. The molecule has 7 heteroatoms. The quantitative estimate of drug-likeness (QED) is 0.839. The van der Waals surface area contributed by atoms with Crippen molar-refractivity contribution in [2.45, 2.75) is 19.3 Å². The van der Waals surface area contributed by atoms with Crippen LogP contribution >= 0.6 is 0 Å². The summed E-state index contributed by atoms with van der Waals surface area (Å²) in [6, 6.07) is 7.47. The van der Waals surface area contributed by atoms with Crippen molar-refractivity contribution in [3.8, 4) is 5.75 Å². The minimum absolute atomic E-state index is 0.0826. The van der Waals surface area contributed by atoms with Gasteiger partial charge in [-0.3, -0.25) is 4.79 Å². The van der Waals surface area contributed by atoms with Gasteiger partial charge < -0.3 is 9.64 Å². The van der Waals surface area contributed by atoms with E-state index < -0.39 is 10.0 Å². The molecule has 1 aromatic carbocycles. The van der Waals surface area contributed by atoms with Gasteiger partial charge in [0.05, 0.1) is 19.8 Å². The van der Waals surface area contributed by atoms with Crippen LogP contribution in [0.15, 0.2) is 24.3 Å². The lowest BCUT2D eigenvalue weighted by Crippen LogP contribution is -2.44. The number of likely N-dealkylation sites (tertiary alicyclic amines) is 1. The molecule has 1 aromatic rings. The van der Waals surface area contributed by atoms with E-state index in [4.69, 9.17) is 4.74 Å². The first kappa shape index (κ1) is 17.7. The molecule has 0 saturated carbocycles. The van der Waals surface area contributed by atoms with Gasteiger partial charge in [0.2, 0.25) is 15.9 Å². The Morgan fingerprint density at radius 2 is 2.04 bits per heavy atom. The Bertz CT molecular complexity index is 628. The summed E-state index contributed by atoms with van der Waals surface area (Å²) in [7, 11) is -1.57. The third-order valence-electron chi connectivity index (χ3n) is 4.02. The number of amides is 1. The predicted molar refractivity (Wildman–Crippen MR) is 88.8 cm³/mol. The molecule has 23 heavy (non-hydrogen) atoms. The second kappa shape index (κ2) is 7.79. The Kier molecular flexibility index (Phi) is 6.01.